The second kappa shape index (κ2) is 8.55. The Bertz CT molecular complexity index is 1200. The Morgan fingerprint density at radius 2 is 1.63 bits per heavy atom. The maximum absolute atomic E-state index is 13.4. The molecule has 5 aliphatic rings. The maximum Gasteiger partial charge on any atom is 0.317 e. The number of hydrogen-bond donors (Lipinski definition) is 0. The van der Waals surface area contributed by atoms with Crippen LogP contribution >= 0.6 is 11.8 Å². The van der Waals surface area contributed by atoms with E-state index in [4.69, 9.17) is 9.47 Å². The van der Waals surface area contributed by atoms with Gasteiger partial charge in [0.25, 0.3) is 11.1 Å². The Kier molecular flexibility index (Phi) is 5.48. The second-order valence-corrected chi connectivity index (χ2v) is 11.3. The summed E-state index contributed by atoms with van der Waals surface area (Å²) in [6.07, 6.45) is 8.28. The highest BCUT2D eigenvalue weighted by Gasteiger charge is 2.55. The first-order valence-electron chi connectivity index (χ1n) is 12.2. The largest absolute Gasteiger partial charge is 0.493 e. The molecule has 1 saturated heterocycles. The molecule has 6 nitrogen and oxygen atoms in total. The number of thioether (sulfide) groups is 1. The minimum Gasteiger partial charge on any atom is -0.493 e. The summed E-state index contributed by atoms with van der Waals surface area (Å²) in [7, 11) is 1.53. The highest BCUT2D eigenvalue weighted by Crippen LogP contribution is 2.60. The van der Waals surface area contributed by atoms with Crippen molar-refractivity contribution in [2.75, 3.05) is 12.0 Å². The van der Waals surface area contributed by atoms with E-state index in [1.807, 2.05) is 6.07 Å². The molecule has 5 fully saturated rings. The standard InChI is InChI=1S/C28H27NO5S/c1-33-23-12-17(13-24-25(30)29(27(32)35-24)21-5-3-2-4-6-21)7-8-22(23)34-26(31)28-14-18-9-19(15-28)11-20(10-18)16-28/h2-8,12-13,18-20H,9-11,14-16H2,1H3. The number of methoxy groups -OCH3 is 1. The quantitative estimate of drug-likeness (QED) is 0.289. The lowest BCUT2D eigenvalue weighted by Gasteiger charge is -2.55. The molecule has 4 saturated carbocycles. The van der Waals surface area contributed by atoms with E-state index >= 15 is 0 Å². The van der Waals surface area contributed by atoms with Crippen LogP contribution in [0.3, 0.4) is 0 Å². The first-order chi connectivity index (χ1) is 16.9. The van der Waals surface area contributed by atoms with Crippen LogP contribution in [-0.4, -0.2) is 24.2 Å². The SMILES string of the molecule is COc1cc(C=C2SC(=O)N(c3ccccc3)C2=O)ccc1OC(=O)C12CC3CC(CC(C3)C1)C2. The van der Waals surface area contributed by atoms with Gasteiger partial charge in [0.1, 0.15) is 0 Å². The molecule has 0 unspecified atom stereocenters. The van der Waals surface area contributed by atoms with E-state index in [-0.39, 0.29) is 22.5 Å². The Hall–Kier alpha value is -3.06. The maximum atomic E-state index is 13.4. The molecule has 2 aromatic rings. The van der Waals surface area contributed by atoms with E-state index in [2.05, 4.69) is 0 Å². The summed E-state index contributed by atoms with van der Waals surface area (Å²) in [5, 5.41) is -0.333. The van der Waals surface area contributed by atoms with Crippen LogP contribution in [0.2, 0.25) is 0 Å². The molecule has 2 amide bonds. The fourth-order valence-corrected chi connectivity index (χ4v) is 7.69. The van der Waals surface area contributed by atoms with Gasteiger partial charge in [-0.1, -0.05) is 24.3 Å². The van der Waals surface area contributed by atoms with E-state index in [1.54, 1.807) is 48.5 Å². The number of carbonyl (C=O) groups is 3. The molecule has 0 N–H and O–H groups in total. The second-order valence-electron chi connectivity index (χ2n) is 10.4. The summed E-state index contributed by atoms with van der Waals surface area (Å²) in [5.74, 6) is 2.30. The number of hydrogen-bond acceptors (Lipinski definition) is 6. The van der Waals surface area contributed by atoms with Crippen molar-refractivity contribution in [1.29, 1.82) is 0 Å². The molecule has 7 heteroatoms. The number of amides is 2. The topological polar surface area (TPSA) is 72.9 Å². The van der Waals surface area contributed by atoms with Crippen LogP contribution in [-0.2, 0) is 9.59 Å². The van der Waals surface area contributed by atoms with Crippen LogP contribution in [0.15, 0.2) is 53.4 Å². The fourth-order valence-electron chi connectivity index (χ4n) is 6.85. The average molecular weight is 490 g/mol. The molecular weight excluding hydrogens is 462 g/mol. The monoisotopic (exact) mass is 489 g/mol. The zero-order valence-electron chi connectivity index (χ0n) is 19.6. The van der Waals surface area contributed by atoms with Crippen molar-refractivity contribution in [2.24, 2.45) is 23.2 Å². The molecule has 0 spiro atoms. The third kappa shape index (κ3) is 3.96. The smallest absolute Gasteiger partial charge is 0.317 e. The summed E-state index contributed by atoms with van der Waals surface area (Å²) in [6, 6.07) is 14.1. The van der Waals surface area contributed by atoms with Crippen molar-refractivity contribution in [3.8, 4) is 11.5 Å². The predicted octanol–water partition coefficient (Wildman–Crippen LogP) is 6.06. The summed E-state index contributed by atoms with van der Waals surface area (Å²) < 4.78 is 11.5. The van der Waals surface area contributed by atoms with Crippen molar-refractivity contribution < 1.29 is 23.9 Å². The Morgan fingerprint density at radius 3 is 2.26 bits per heavy atom. The van der Waals surface area contributed by atoms with Gasteiger partial charge in [0.2, 0.25) is 0 Å². The van der Waals surface area contributed by atoms with Gasteiger partial charge in [-0.25, -0.2) is 4.90 Å². The molecule has 180 valence electrons. The Balaban J connectivity index is 1.21. The highest BCUT2D eigenvalue weighted by atomic mass is 32.2. The van der Waals surface area contributed by atoms with Gasteiger partial charge in [-0.05, 0) is 104 Å². The van der Waals surface area contributed by atoms with E-state index in [0.717, 1.165) is 31.0 Å². The Morgan fingerprint density at radius 1 is 0.971 bits per heavy atom. The third-order valence-electron chi connectivity index (χ3n) is 7.97. The van der Waals surface area contributed by atoms with Crippen molar-refractivity contribution in [2.45, 2.75) is 38.5 Å². The van der Waals surface area contributed by atoms with Gasteiger partial charge in [-0.2, -0.15) is 0 Å². The average Bonchev–Trinajstić information content (AvgIpc) is 3.12. The van der Waals surface area contributed by atoms with Crippen molar-refractivity contribution in [3.63, 3.8) is 0 Å². The number of rotatable bonds is 5. The van der Waals surface area contributed by atoms with Crippen molar-refractivity contribution >= 4 is 40.6 Å². The molecule has 4 bridgehead atoms. The van der Waals surface area contributed by atoms with E-state index in [1.165, 1.54) is 31.3 Å². The van der Waals surface area contributed by atoms with Gasteiger partial charge >= 0.3 is 5.97 Å². The summed E-state index contributed by atoms with van der Waals surface area (Å²) >= 11 is 0.904. The minimum absolute atomic E-state index is 0.133. The normalized spacial score (nSPS) is 30.3. The summed E-state index contributed by atoms with van der Waals surface area (Å²) in [5.41, 5.74) is 0.882. The van der Waals surface area contributed by atoms with Gasteiger partial charge in [-0.15, -0.1) is 0 Å². The minimum atomic E-state index is -0.359. The summed E-state index contributed by atoms with van der Waals surface area (Å²) in [4.78, 5) is 40.3. The molecule has 2 aromatic carbocycles. The molecule has 35 heavy (non-hydrogen) atoms. The first-order valence-corrected chi connectivity index (χ1v) is 13.0. The molecule has 0 radical (unpaired) electrons. The van der Waals surface area contributed by atoms with E-state index in [9.17, 15) is 14.4 Å². The van der Waals surface area contributed by atoms with Gasteiger partial charge in [0, 0.05) is 0 Å². The number of esters is 1. The molecule has 4 aliphatic carbocycles. The lowest BCUT2D eigenvalue weighted by molar-refractivity contribution is -0.161. The number of imide groups is 1. The molecule has 1 heterocycles. The molecule has 0 aromatic heterocycles. The lowest BCUT2D eigenvalue weighted by Crippen LogP contribution is -2.51. The number of para-hydroxylation sites is 1. The number of anilines is 1. The summed E-state index contributed by atoms with van der Waals surface area (Å²) in [6.45, 7) is 0. The van der Waals surface area contributed by atoms with Crippen LogP contribution in [0, 0.1) is 23.2 Å². The number of nitrogens with zero attached hydrogens (tertiary/aromatic N) is 1. The van der Waals surface area contributed by atoms with Crippen LogP contribution in [0.1, 0.15) is 44.1 Å². The molecular formula is C28H27NO5S. The van der Waals surface area contributed by atoms with Crippen molar-refractivity contribution in [1.82, 2.24) is 0 Å². The third-order valence-corrected chi connectivity index (χ3v) is 8.84. The zero-order valence-corrected chi connectivity index (χ0v) is 20.4. The van der Waals surface area contributed by atoms with E-state index < -0.39 is 0 Å². The first kappa shape index (κ1) is 22.4. The molecule has 1 aliphatic heterocycles. The van der Waals surface area contributed by atoms with E-state index in [0.29, 0.717) is 45.4 Å². The van der Waals surface area contributed by atoms with Gasteiger partial charge in [0.15, 0.2) is 11.5 Å². The predicted molar refractivity (Wildman–Crippen MR) is 134 cm³/mol. The van der Waals surface area contributed by atoms with Crippen molar-refractivity contribution in [3.05, 3.63) is 59.0 Å². The van der Waals surface area contributed by atoms with Crippen LogP contribution in [0.5, 0.6) is 11.5 Å². The highest BCUT2D eigenvalue weighted by molar-refractivity contribution is 8.19. The number of carbonyl (C=O) groups excluding carboxylic acids is 3. The van der Waals surface area contributed by atoms with Gasteiger partial charge in [0.05, 0.1) is 23.1 Å². The lowest BCUT2D eigenvalue weighted by atomic mass is 9.49. The fraction of sp³-hybridized carbons (Fsp3) is 0.393. The van der Waals surface area contributed by atoms with Gasteiger partial charge < -0.3 is 9.47 Å². The molecule has 7 rings (SSSR count). The van der Waals surface area contributed by atoms with Crippen LogP contribution in [0.4, 0.5) is 10.5 Å². The van der Waals surface area contributed by atoms with Crippen LogP contribution < -0.4 is 14.4 Å². The molecule has 0 atom stereocenters. The Labute approximate surface area is 208 Å². The van der Waals surface area contributed by atoms with Crippen LogP contribution in [0.25, 0.3) is 6.08 Å². The number of benzene rings is 2. The van der Waals surface area contributed by atoms with Gasteiger partial charge in [-0.3, -0.25) is 14.4 Å². The zero-order chi connectivity index (χ0) is 24.2. The number of ether oxygens (including phenoxy) is 2.